The van der Waals surface area contributed by atoms with Crippen molar-refractivity contribution in [3.05, 3.63) is 29.3 Å². The van der Waals surface area contributed by atoms with Gasteiger partial charge in [-0.3, -0.25) is 0 Å². The van der Waals surface area contributed by atoms with Crippen LogP contribution >= 0.6 is 11.8 Å². The van der Waals surface area contributed by atoms with Gasteiger partial charge in [-0.05, 0) is 55.2 Å². The molecule has 0 aromatic heterocycles. The van der Waals surface area contributed by atoms with Crippen LogP contribution < -0.4 is 11.1 Å². The van der Waals surface area contributed by atoms with Gasteiger partial charge in [0.25, 0.3) is 0 Å². The lowest BCUT2D eigenvalue weighted by atomic mass is 10.0. The first-order valence-corrected chi connectivity index (χ1v) is 8.62. The number of nitrogen functional groups attached to an aromatic ring is 1. The smallest absolute Gasteiger partial charge is 0.0326 e. The molecule has 0 radical (unpaired) electrons. The van der Waals surface area contributed by atoms with E-state index in [0.717, 1.165) is 12.2 Å². The van der Waals surface area contributed by atoms with Gasteiger partial charge in [-0.1, -0.05) is 18.9 Å². The van der Waals surface area contributed by atoms with Crippen molar-refractivity contribution in [2.75, 3.05) is 18.5 Å². The van der Waals surface area contributed by atoms with Crippen molar-refractivity contribution >= 4 is 17.4 Å². The summed E-state index contributed by atoms with van der Waals surface area (Å²) in [6, 6.07) is 6.95. The summed E-state index contributed by atoms with van der Waals surface area (Å²) >= 11 is 2.06. The van der Waals surface area contributed by atoms with Gasteiger partial charge in [0.05, 0.1) is 0 Å². The van der Waals surface area contributed by atoms with E-state index in [4.69, 9.17) is 5.73 Å². The maximum Gasteiger partial charge on any atom is 0.0326 e. The highest BCUT2D eigenvalue weighted by Crippen LogP contribution is 2.41. The first-order valence-electron chi connectivity index (χ1n) is 7.39. The quantitative estimate of drug-likeness (QED) is 0.826. The van der Waals surface area contributed by atoms with E-state index < -0.39 is 0 Å². The van der Waals surface area contributed by atoms with Crippen molar-refractivity contribution in [1.29, 1.82) is 0 Å². The molecular weight excluding hydrogens is 252 g/mol. The van der Waals surface area contributed by atoms with E-state index in [9.17, 15) is 0 Å². The molecule has 1 aromatic carbocycles. The second-order valence-electron chi connectivity index (χ2n) is 6.02. The van der Waals surface area contributed by atoms with Crippen LogP contribution in [0.2, 0.25) is 0 Å². The van der Waals surface area contributed by atoms with Crippen LogP contribution in [0.5, 0.6) is 0 Å². The van der Waals surface area contributed by atoms with E-state index >= 15 is 0 Å². The third-order valence-electron chi connectivity index (χ3n) is 4.86. The SMILES string of the molecule is CSC1(CNC2CCc3cc(N)ccc32)CCCC1. The Labute approximate surface area is 120 Å². The highest BCUT2D eigenvalue weighted by atomic mass is 32.2. The topological polar surface area (TPSA) is 38.0 Å². The molecule has 0 bridgehead atoms. The van der Waals surface area contributed by atoms with E-state index in [1.807, 2.05) is 6.07 Å². The molecule has 1 fully saturated rings. The van der Waals surface area contributed by atoms with Crippen LogP contribution in [-0.2, 0) is 6.42 Å². The summed E-state index contributed by atoms with van der Waals surface area (Å²) in [6.45, 7) is 1.16. The molecule has 1 saturated carbocycles. The van der Waals surface area contributed by atoms with Crippen LogP contribution in [0.1, 0.15) is 49.3 Å². The Morgan fingerprint density at radius 3 is 2.89 bits per heavy atom. The monoisotopic (exact) mass is 276 g/mol. The van der Waals surface area contributed by atoms with E-state index in [-0.39, 0.29) is 0 Å². The predicted molar refractivity (Wildman–Crippen MR) is 84.6 cm³/mol. The summed E-state index contributed by atoms with van der Waals surface area (Å²) in [6.07, 6.45) is 10.2. The minimum atomic E-state index is 0.497. The van der Waals surface area contributed by atoms with Crippen LogP contribution in [0.25, 0.3) is 0 Å². The number of thioether (sulfide) groups is 1. The molecular formula is C16H24N2S. The van der Waals surface area contributed by atoms with Crippen LogP contribution in [0.15, 0.2) is 18.2 Å². The number of rotatable bonds is 4. The Morgan fingerprint density at radius 1 is 1.37 bits per heavy atom. The summed E-state index contributed by atoms with van der Waals surface area (Å²) in [4.78, 5) is 0. The minimum absolute atomic E-state index is 0.497. The molecule has 19 heavy (non-hydrogen) atoms. The Balaban J connectivity index is 1.66. The predicted octanol–water partition coefficient (Wildman–Crippen LogP) is 3.52. The number of hydrogen-bond donors (Lipinski definition) is 2. The van der Waals surface area contributed by atoms with Gasteiger partial charge in [0.15, 0.2) is 0 Å². The van der Waals surface area contributed by atoms with Gasteiger partial charge in [0.2, 0.25) is 0 Å². The Hall–Kier alpha value is -0.670. The van der Waals surface area contributed by atoms with E-state index in [1.54, 1.807) is 0 Å². The fourth-order valence-electron chi connectivity index (χ4n) is 3.63. The highest BCUT2D eigenvalue weighted by Gasteiger charge is 2.34. The molecule has 0 amide bonds. The summed E-state index contributed by atoms with van der Waals surface area (Å²) in [5.74, 6) is 0. The van der Waals surface area contributed by atoms with Crippen molar-refractivity contribution in [2.24, 2.45) is 0 Å². The number of fused-ring (bicyclic) bond motifs is 1. The lowest BCUT2D eigenvalue weighted by molar-refractivity contribution is 0.465. The number of nitrogens with one attached hydrogen (secondary N) is 1. The van der Waals surface area contributed by atoms with Gasteiger partial charge in [-0.2, -0.15) is 11.8 Å². The first kappa shape index (κ1) is 13.3. The summed E-state index contributed by atoms with van der Waals surface area (Å²) < 4.78 is 0.497. The molecule has 0 saturated heterocycles. The molecule has 0 aliphatic heterocycles. The maximum atomic E-state index is 5.87. The summed E-state index contributed by atoms with van der Waals surface area (Å²) in [5, 5.41) is 3.83. The first-order chi connectivity index (χ1) is 9.22. The van der Waals surface area contributed by atoms with E-state index in [2.05, 4.69) is 35.5 Å². The molecule has 2 aliphatic carbocycles. The molecule has 2 aliphatic rings. The van der Waals surface area contributed by atoms with Gasteiger partial charge in [0, 0.05) is 23.0 Å². The number of hydrogen-bond acceptors (Lipinski definition) is 3. The number of benzene rings is 1. The zero-order chi connectivity index (χ0) is 13.3. The Morgan fingerprint density at radius 2 is 2.16 bits per heavy atom. The third kappa shape index (κ3) is 2.63. The van der Waals surface area contributed by atoms with Gasteiger partial charge in [-0.25, -0.2) is 0 Å². The van der Waals surface area contributed by atoms with Crippen LogP contribution in [0.4, 0.5) is 5.69 Å². The molecule has 0 heterocycles. The third-order valence-corrected chi connectivity index (χ3v) is 6.28. The van der Waals surface area contributed by atoms with Crippen molar-refractivity contribution in [3.63, 3.8) is 0 Å². The largest absolute Gasteiger partial charge is 0.399 e. The van der Waals surface area contributed by atoms with Crippen molar-refractivity contribution in [2.45, 2.75) is 49.3 Å². The van der Waals surface area contributed by atoms with E-state index in [0.29, 0.717) is 10.8 Å². The molecule has 3 rings (SSSR count). The molecule has 0 spiro atoms. The molecule has 1 unspecified atom stereocenters. The van der Waals surface area contributed by atoms with Gasteiger partial charge in [0.1, 0.15) is 0 Å². The van der Waals surface area contributed by atoms with E-state index in [1.165, 1.54) is 49.7 Å². The van der Waals surface area contributed by atoms with Crippen LogP contribution in [0, 0.1) is 0 Å². The summed E-state index contributed by atoms with van der Waals surface area (Å²) in [7, 11) is 0. The fourth-order valence-corrected chi connectivity index (χ4v) is 4.56. The van der Waals surface area contributed by atoms with Crippen molar-refractivity contribution in [1.82, 2.24) is 5.32 Å². The van der Waals surface area contributed by atoms with Crippen LogP contribution in [-0.4, -0.2) is 17.5 Å². The zero-order valence-electron chi connectivity index (χ0n) is 11.7. The maximum absolute atomic E-state index is 5.87. The van der Waals surface area contributed by atoms with Crippen LogP contribution in [0.3, 0.4) is 0 Å². The standard InChI is InChI=1S/C16H24N2S/c1-19-16(8-2-3-9-16)11-18-15-7-4-12-10-13(17)5-6-14(12)15/h5-6,10,15,18H,2-4,7-9,11,17H2,1H3. The van der Waals surface area contributed by atoms with Gasteiger partial charge < -0.3 is 11.1 Å². The molecule has 1 aromatic rings. The Bertz CT molecular complexity index is 452. The number of aryl methyl sites for hydroxylation is 1. The average Bonchev–Trinajstić information content (AvgIpc) is 3.03. The highest BCUT2D eigenvalue weighted by molar-refractivity contribution is 8.00. The average molecular weight is 276 g/mol. The summed E-state index contributed by atoms with van der Waals surface area (Å²) in [5.41, 5.74) is 9.69. The molecule has 104 valence electrons. The number of nitrogens with two attached hydrogens (primary N) is 1. The van der Waals surface area contributed by atoms with Crippen molar-refractivity contribution in [3.8, 4) is 0 Å². The lowest BCUT2D eigenvalue weighted by Crippen LogP contribution is -2.36. The lowest BCUT2D eigenvalue weighted by Gasteiger charge is -2.29. The second kappa shape index (κ2) is 5.37. The van der Waals surface area contributed by atoms with Gasteiger partial charge in [-0.15, -0.1) is 0 Å². The minimum Gasteiger partial charge on any atom is -0.399 e. The molecule has 2 nitrogen and oxygen atoms in total. The molecule has 1 atom stereocenters. The molecule has 3 N–H and O–H groups in total. The second-order valence-corrected chi connectivity index (χ2v) is 7.30. The fraction of sp³-hybridized carbons (Fsp3) is 0.625. The van der Waals surface area contributed by atoms with Gasteiger partial charge >= 0.3 is 0 Å². The Kier molecular flexibility index (Phi) is 3.77. The number of anilines is 1. The normalized spacial score (nSPS) is 24.6. The molecule has 3 heteroatoms. The zero-order valence-corrected chi connectivity index (χ0v) is 12.6. The van der Waals surface area contributed by atoms with Crippen molar-refractivity contribution < 1.29 is 0 Å².